The maximum atomic E-state index is 13.4. The van der Waals surface area contributed by atoms with Gasteiger partial charge in [-0.15, -0.1) is 0 Å². The number of amidine groups is 1. The Morgan fingerprint density at radius 1 is 1.03 bits per heavy atom. The van der Waals surface area contributed by atoms with E-state index in [0.29, 0.717) is 17.8 Å². The lowest BCUT2D eigenvalue weighted by atomic mass is 9.78. The molecule has 1 aliphatic rings. The van der Waals surface area contributed by atoms with Gasteiger partial charge in [0.1, 0.15) is 11.6 Å². The molecule has 1 aliphatic heterocycles. The minimum absolute atomic E-state index is 0.0209. The molecule has 5 nitrogen and oxygen atoms in total. The van der Waals surface area contributed by atoms with Gasteiger partial charge in [0.15, 0.2) is 5.78 Å². The highest BCUT2D eigenvalue weighted by Gasteiger charge is 2.37. The number of hydrogen-bond acceptors (Lipinski definition) is 4. The Hall–Kier alpha value is -2.66. The highest BCUT2D eigenvalue weighted by molar-refractivity contribution is 6.01. The van der Waals surface area contributed by atoms with Crippen LogP contribution in [0.1, 0.15) is 75.0 Å². The van der Waals surface area contributed by atoms with Crippen molar-refractivity contribution in [3.63, 3.8) is 0 Å². The van der Waals surface area contributed by atoms with Crippen LogP contribution in [0.25, 0.3) is 0 Å². The minimum atomic E-state index is -0.324. The molecule has 1 fully saturated rings. The number of rotatable bonds is 6. The third-order valence-corrected chi connectivity index (χ3v) is 6.59. The number of aliphatic hydroxyl groups excluding tert-OH is 1. The van der Waals surface area contributed by atoms with Crippen molar-refractivity contribution in [2.75, 3.05) is 13.2 Å². The van der Waals surface area contributed by atoms with Crippen molar-refractivity contribution in [2.24, 2.45) is 5.92 Å². The molecule has 2 atom stereocenters. The van der Waals surface area contributed by atoms with Gasteiger partial charge in [-0.1, -0.05) is 71.9 Å². The van der Waals surface area contributed by atoms with Crippen LogP contribution in [0.15, 0.2) is 42.5 Å². The second-order valence-corrected chi connectivity index (χ2v) is 11.3. The third-order valence-electron chi connectivity index (χ3n) is 6.59. The average molecular weight is 451 g/mol. The van der Waals surface area contributed by atoms with E-state index in [-0.39, 0.29) is 47.5 Å². The lowest BCUT2D eigenvalue weighted by Gasteiger charge is -2.29. The van der Waals surface area contributed by atoms with Gasteiger partial charge in [0.2, 0.25) is 0 Å². The number of ketones is 1. The summed E-state index contributed by atoms with van der Waals surface area (Å²) < 4.78 is 0. The Bertz CT molecular complexity index is 981. The molecular formula is C28H38N2O3. The molecule has 2 unspecified atom stereocenters. The zero-order chi connectivity index (χ0) is 24.6. The average Bonchev–Trinajstić information content (AvgIpc) is 3.02. The summed E-state index contributed by atoms with van der Waals surface area (Å²) in [6, 6.07) is 13.4. The van der Waals surface area contributed by atoms with Crippen molar-refractivity contribution in [1.29, 1.82) is 5.41 Å². The second-order valence-electron chi connectivity index (χ2n) is 11.3. The lowest BCUT2D eigenvalue weighted by Crippen LogP contribution is -2.39. The molecule has 2 aromatic rings. The van der Waals surface area contributed by atoms with Crippen LogP contribution in [0.5, 0.6) is 5.75 Å². The molecule has 0 radical (unpaired) electrons. The number of phenolic OH excluding ortho intramolecular Hbond substituents is 1. The first kappa shape index (κ1) is 25.0. The number of phenols is 1. The van der Waals surface area contributed by atoms with E-state index in [2.05, 4.69) is 0 Å². The highest BCUT2D eigenvalue weighted by atomic mass is 16.3. The van der Waals surface area contributed by atoms with E-state index in [1.54, 1.807) is 17.0 Å². The molecule has 178 valence electrons. The van der Waals surface area contributed by atoms with E-state index in [9.17, 15) is 15.0 Å². The number of hydrogen-bond donors (Lipinski definition) is 3. The first-order chi connectivity index (χ1) is 15.3. The number of aromatic hydroxyl groups is 1. The first-order valence-electron chi connectivity index (χ1n) is 11.7. The number of Topliss-reactive ketones (excluding diaryl/α,β-unsaturated/α-hetero) is 1. The van der Waals surface area contributed by atoms with Gasteiger partial charge < -0.3 is 15.1 Å². The smallest absolute Gasteiger partial charge is 0.182 e. The van der Waals surface area contributed by atoms with Crippen LogP contribution in [-0.4, -0.2) is 45.9 Å². The second kappa shape index (κ2) is 9.30. The molecule has 0 aromatic heterocycles. The predicted molar refractivity (Wildman–Crippen MR) is 133 cm³/mol. The molecule has 0 saturated carbocycles. The van der Waals surface area contributed by atoms with E-state index >= 15 is 0 Å². The van der Waals surface area contributed by atoms with Crippen LogP contribution in [0.3, 0.4) is 0 Å². The summed E-state index contributed by atoms with van der Waals surface area (Å²) in [5, 5.41) is 29.7. The highest BCUT2D eigenvalue weighted by Crippen LogP contribution is 2.40. The van der Waals surface area contributed by atoms with Crippen LogP contribution in [0, 0.1) is 11.3 Å². The van der Waals surface area contributed by atoms with Crippen LogP contribution in [0.2, 0.25) is 0 Å². The van der Waals surface area contributed by atoms with E-state index in [1.165, 1.54) is 0 Å². The summed E-state index contributed by atoms with van der Waals surface area (Å²) in [5.74, 6) is 0.538. The van der Waals surface area contributed by atoms with Gasteiger partial charge in [0.05, 0.1) is 19.2 Å². The normalized spacial score (nSPS) is 19.2. The monoisotopic (exact) mass is 450 g/mol. The number of benzene rings is 2. The van der Waals surface area contributed by atoms with Gasteiger partial charge in [-0.2, -0.15) is 0 Å². The number of nitrogens with one attached hydrogen (secondary N) is 1. The molecule has 1 saturated heterocycles. The zero-order valence-corrected chi connectivity index (χ0v) is 20.8. The topological polar surface area (TPSA) is 84.6 Å². The molecule has 5 heteroatoms. The Kier molecular flexibility index (Phi) is 7.04. The van der Waals surface area contributed by atoms with Gasteiger partial charge >= 0.3 is 0 Å². The van der Waals surface area contributed by atoms with E-state index < -0.39 is 0 Å². The van der Waals surface area contributed by atoms with Gasteiger partial charge in [0.25, 0.3) is 0 Å². The zero-order valence-electron chi connectivity index (χ0n) is 20.8. The molecule has 33 heavy (non-hydrogen) atoms. The summed E-state index contributed by atoms with van der Waals surface area (Å²) in [7, 11) is 0. The van der Waals surface area contributed by atoms with E-state index in [0.717, 1.165) is 23.1 Å². The van der Waals surface area contributed by atoms with Crippen molar-refractivity contribution in [3.05, 3.63) is 64.7 Å². The summed E-state index contributed by atoms with van der Waals surface area (Å²) >= 11 is 0. The lowest BCUT2D eigenvalue weighted by molar-refractivity contribution is 0.0933. The Labute approximate surface area is 198 Å². The van der Waals surface area contributed by atoms with Gasteiger partial charge in [-0.25, -0.2) is 0 Å². The van der Waals surface area contributed by atoms with Crippen molar-refractivity contribution < 1.29 is 15.0 Å². The van der Waals surface area contributed by atoms with Crippen molar-refractivity contribution in [2.45, 2.75) is 71.3 Å². The number of nitrogens with zero attached hydrogens (tertiary/aromatic N) is 1. The van der Waals surface area contributed by atoms with Crippen molar-refractivity contribution in [1.82, 2.24) is 4.90 Å². The third kappa shape index (κ3) is 5.47. The van der Waals surface area contributed by atoms with Crippen LogP contribution < -0.4 is 0 Å². The molecule has 1 heterocycles. The van der Waals surface area contributed by atoms with Crippen LogP contribution in [0.4, 0.5) is 0 Å². The maximum absolute atomic E-state index is 13.4. The quantitative estimate of drug-likeness (QED) is 0.536. The summed E-state index contributed by atoms with van der Waals surface area (Å²) in [6.45, 7) is 12.1. The Balaban J connectivity index is 1.88. The SMILES string of the molecule is CC(C)(C)c1cc(C(=O)CN2C(=N)C(Cc3ccccc3)CC2CO)cc(C(C)(C)C)c1O. The molecule has 0 aliphatic carbocycles. The van der Waals surface area contributed by atoms with Gasteiger partial charge in [-0.05, 0) is 41.4 Å². The maximum Gasteiger partial charge on any atom is 0.182 e. The van der Waals surface area contributed by atoms with Crippen molar-refractivity contribution >= 4 is 11.6 Å². The van der Waals surface area contributed by atoms with Crippen molar-refractivity contribution in [3.8, 4) is 5.75 Å². The molecule has 2 aromatic carbocycles. The fourth-order valence-electron chi connectivity index (χ4n) is 4.65. The minimum Gasteiger partial charge on any atom is -0.507 e. The summed E-state index contributed by atoms with van der Waals surface area (Å²) in [5.41, 5.74) is 2.54. The summed E-state index contributed by atoms with van der Waals surface area (Å²) in [6.07, 6.45) is 1.38. The van der Waals surface area contributed by atoms with Gasteiger partial charge in [-0.3, -0.25) is 10.2 Å². The fourth-order valence-corrected chi connectivity index (χ4v) is 4.65. The first-order valence-corrected chi connectivity index (χ1v) is 11.7. The standard InChI is InChI=1S/C28H38N2O3/c1-27(2,3)22-14-19(15-23(25(22)33)28(4,5)6)24(32)16-30-21(17-31)13-20(26(30)29)12-18-10-8-7-9-11-18/h7-11,14-15,20-21,29,31,33H,12-13,16-17H2,1-6H3. The molecule has 0 spiro atoms. The Morgan fingerprint density at radius 3 is 2.06 bits per heavy atom. The fraction of sp³-hybridized carbons (Fsp3) is 0.500. The number of carbonyl (C=O) groups is 1. The molecule has 3 rings (SSSR count). The molecule has 0 amide bonds. The van der Waals surface area contributed by atoms with Crippen LogP contribution in [-0.2, 0) is 17.3 Å². The van der Waals surface area contributed by atoms with Crippen LogP contribution >= 0.6 is 0 Å². The van der Waals surface area contributed by atoms with E-state index in [4.69, 9.17) is 5.41 Å². The molecule has 0 bridgehead atoms. The summed E-state index contributed by atoms with van der Waals surface area (Å²) in [4.78, 5) is 15.2. The number of aliphatic hydroxyl groups is 1. The molecular weight excluding hydrogens is 412 g/mol. The molecule has 3 N–H and O–H groups in total. The van der Waals surface area contributed by atoms with Gasteiger partial charge in [0, 0.05) is 22.6 Å². The Morgan fingerprint density at radius 2 is 1.58 bits per heavy atom. The number of likely N-dealkylation sites (tertiary alicyclic amines) is 1. The largest absolute Gasteiger partial charge is 0.507 e. The predicted octanol–water partition coefficient (Wildman–Crippen LogP) is 5.07. The van der Waals surface area contributed by atoms with E-state index in [1.807, 2.05) is 71.9 Å². The number of carbonyl (C=O) groups excluding carboxylic acids is 1.